The van der Waals surface area contributed by atoms with Crippen molar-refractivity contribution in [2.24, 2.45) is 0 Å². The lowest BCUT2D eigenvalue weighted by Gasteiger charge is -2.32. The molecule has 3 nitrogen and oxygen atoms in total. The number of fused-ring (bicyclic) bond motifs is 1. The summed E-state index contributed by atoms with van der Waals surface area (Å²) in [6, 6.07) is 8.07. The van der Waals surface area contributed by atoms with Gasteiger partial charge in [-0.05, 0) is 55.0 Å². The van der Waals surface area contributed by atoms with Crippen molar-refractivity contribution in [3.63, 3.8) is 0 Å². The van der Waals surface area contributed by atoms with Gasteiger partial charge in [-0.2, -0.15) is 0 Å². The van der Waals surface area contributed by atoms with Crippen LogP contribution in [0.3, 0.4) is 0 Å². The van der Waals surface area contributed by atoms with E-state index in [4.69, 9.17) is 11.6 Å². The Balaban J connectivity index is 1.64. The minimum absolute atomic E-state index is 0.00505. The molecule has 1 aliphatic heterocycles. The predicted molar refractivity (Wildman–Crippen MR) is 92.8 cm³/mol. The molecule has 0 spiro atoms. The van der Waals surface area contributed by atoms with Crippen molar-refractivity contribution in [1.29, 1.82) is 0 Å². The van der Waals surface area contributed by atoms with E-state index in [0.29, 0.717) is 17.6 Å². The zero-order chi connectivity index (χ0) is 15.7. The van der Waals surface area contributed by atoms with Gasteiger partial charge in [-0.15, -0.1) is 11.3 Å². The number of hydrogen-bond donors (Lipinski definition) is 1. The molecular weight excluding hydrogens is 316 g/mol. The van der Waals surface area contributed by atoms with Crippen LogP contribution in [0.5, 0.6) is 0 Å². The van der Waals surface area contributed by atoms with Gasteiger partial charge in [-0.1, -0.05) is 17.7 Å². The SMILES string of the molecule is Cc1ccc(NC(=O)CN2CCc3sccc3[C@H]2C)cc1Cl. The number of carbonyl (C=O) groups excluding carboxylic acids is 1. The van der Waals surface area contributed by atoms with Crippen molar-refractivity contribution >= 4 is 34.5 Å². The van der Waals surface area contributed by atoms with Crippen molar-refractivity contribution in [3.05, 3.63) is 50.7 Å². The van der Waals surface area contributed by atoms with Gasteiger partial charge < -0.3 is 5.32 Å². The van der Waals surface area contributed by atoms with E-state index in [1.165, 1.54) is 10.4 Å². The van der Waals surface area contributed by atoms with Gasteiger partial charge in [-0.3, -0.25) is 9.69 Å². The number of benzene rings is 1. The van der Waals surface area contributed by atoms with Gasteiger partial charge in [0.25, 0.3) is 0 Å². The summed E-state index contributed by atoms with van der Waals surface area (Å²) in [6.07, 6.45) is 1.03. The highest BCUT2D eigenvalue weighted by atomic mass is 35.5. The first-order valence-corrected chi connectivity index (χ1v) is 8.66. The van der Waals surface area contributed by atoms with Gasteiger partial charge in [0.15, 0.2) is 0 Å². The van der Waals surface area contributed by atoms with E-state index < -0.39 is 0 Å². The predicted octanol–water partition coefficient (Wildman–Crippen LogP) is 4.27. The molecule has 0 aliphatic carbocycles. The molecular formula is C17H19ClN2OS. The minimum Gasteiger partial charge on any atom is -0.325 e. The van der Waals surface area contributed by atoms with Crippen molar-refractivity contribution < 1.29 is 4.79 Å². The highest BCUT2D eigenvalue weighted by molar-refractivity contribution is 7.10. The average molecular weight is 335 g/mol. The van der Waals surface area contributed by atoms with Gasteiger partial charge in [-0.25, -0.2) is 0 Å². The lowest BCUT2D eigenvalue weighted by molar-refractivity contribution is -0.117. The highest BCUT2D eigenvalue weighted by Gasteiger charge is 2.26. The van der Waals surface area contributed by atoms with E-state index in [1.54, 1.807) is 6.07 Å². The van der Waals surface area contributed by atoms with Crippen molar-refractivity contribution in [2.45, 2.75) is 26.3 Å². The van der Waals surface area contributed by atoms with Gasteiger partial charge >= 0.3 is 0 Å². The van der Waals surface area contributed by atoms with E-state index in [-0.39, 0.29) is 5.91 Å². The van der Waals surface area contributed by atoms with Gasteiger partial charge in [0.05, 0.1) is 6.54 Å². The fraction of sp³-hybridized carbons (Fsp3) is 0.353. The molecule has 3 rings (SSSR count). The average Bonchev–Trinajstić information content (AvgIpc) is 2.95. The Morgan fingerprint density at radius 3 is 3.05 bits per heavy atom. The van der Waals surface area contributed by atoms with Crippen LogP contribution >= 0.6 is 22.9 Å². The monoisotopic (exact) mass is 334 g/mol. The van der Waals surface area contributed by atoms with Crippen LogP contribution in [0.4, 0.5) is 5.69 Å². The smallest absolute Gasteiger partial charge is 0.238 e. The molecule has 0 fully saturated rings. The molecule has 22 heavy (non-hydrogen) atoms. The molecule has 1 N–H and O–H groups in total. The Kier molecular flexibility index (Phi) is 4.52. The molecule has 1 aromatic heterocycles. The van der Waals surface area contributed by atoms with E-state index in [9.17, 15) is 4.79 Å². The van der Waals surface area contributed by atoms with Gasteiger partial charge in [0.2, 0.25) is 5.91 Å². The summed E-state index contributed by atoms with van der Waals surface area (Å²) < 4.78 is 0. The lowest BCUT2D eigenvalue weighted by Crippen LogP contribution is -2.39. The molecule has 0 saturated carbocycles. The van der Waals surface area contributed by atoms with Gasteiger partial charge in [0.1, 0.15) is 0 Å². The van der Waals surface area contributed by atoms with Crippen LogP contribution in [0.15, 0.2) is 29.6 Å². The Bertz CT molecular complexity index is 698. The summed E-state index contributed by atoms with van der Waals surface area (Å²) >= 11 is 7.91. The fourth-order valence-electron chi connectivity index (χ4n) is 2.83. The molecule has 116 valence electrons. The maximum absolute atomic E-state index is 12.3. The number of rotatable bonds is 3. The molecule has 0 bridgehead atoms. The Morgan fingerprint density at radius 2 is 2.27 bits per heavy atom. The zero-order valence-electron chi connectivity index (χ0n) is 12.7. The number of anilines is 1. The maximum atomic E-state index is 12.3. The molecule has 0 saturated heterocycles. The first-order valence-electron chi connectivity index (χ1n) is 7.41. The van der Waals surface area contributed by atoms with Crippen LogP contribution in [0.25, 0.3) is 0 Å². The normalized spacial score (nSPS) is 18.0. The molecule has 2 aromatic rings. The first kappa shape index (κ1) is 15.5. The van der Waals surface area contributed by atoms with E-state index in [1.807, 2.05) is 30.4 Å². The number of hydrogen-bond acceptors (Lipinski definition) is 3. The second-order valence-corrected chi connectivity index (χ2v) is 7.12. The summed E-state index contributed by atoms with van der Waals surface area (Å²) in [5, 5.41) is 5.74. The molecule has 0 radical (unpaired) electrons. The van der Waals surface area contributed by atoms with Crippen molar-refractivity contribution in [2.75, 3.05) is 18.4 Å². The number of amides is 1. The number of nitrogens with one attached hydrogen (secondary N) is 1. The van der Waals surface area contributed by atoms with E-state index in [0.717, 1.165) is 24.2 Å². The van der Waals surface area contributed by atoms with Crippen molar-refractivity contribution in [3.8, 4) is 0 Å². The van der Waals surface area contributed by atoms with Crippen LogP contribution in [0.1, 0.15) is 29.0 Å². The Hall–Kier alpha value is -1.36. The molecule has 0 unspecified atom stereocenters. The quantitative estimate of drug-likeness (QED) is 0.909. The maximum Gasteiger partial charge on any atom is 0.238 e. The van der Waals surface area contributed by atoms with E-state index >= 15 is 0 Å². The van der Waals surface area contributed by atoms with Gasteiger partial charge in [0, 0.05) is 28.2 Å². The topological polar surface area (TPSA) is 32.3 Å². The van der Waals surface area contributed by atoms with Crippen LogP contribution in [0, 0.1) is 6.92 Å². The number of carbonyl (C=O) groups is 1. The second-order valence-electron chi connectivity index (χ2n) is 5.71. The standard InChI is InChI=1S/C17H19ClN2OS/c1-11-3-4-13(9-15(11)18)19-17(21)10-20-7-5-16-14(12(20)2)6-8-22-16/h3-4,6,8-9,12H,5,7,10H2,1-2H3,(H,19,21)/t12-/m1/s1. The van der Waals surface area contributed by atoms with Crippen LogP contribution < -0.4 is 5.32 Å². The van der Waals surface area contributed by atoms with Crippen molar-refractivity contribution in [1.82, 2.24) is 4.90 Å². The minimum atomic E-state index is 0.00505. The molecule has 1 aliphatic rings. The van der Waals surface area contributed by atoms with Crippen LogP contribution in [-0.4, -0.2) is 23.9 Å². The number of nitrogens with zero attached hydrogens (tertiary/aromatic N) is 1. The Morgan fingerprint density at radius 1 is 1.45 bits per heavy atom. The first-order chi connectivity index (χ1) is 10.5. The second kappa shape index (κ2) is 6.41. The fourth-order valence-corrected chi connectivity index (χ4v) is 3.98. The molecule has 1 aromatic carbocycles. The van der Waals surface area contributed by atoms with Crippen LogP contribution in [0.2, 0.25) is 5.02 Å². The summed E-state index contributed by atoms with van der Waals surface area (Å²) in [5.74, 6) is 0.00505. The lowest BCUT2D eigenvalue weighted by atomic mass is 10.0. The zero-order valence-corrected chi connectivity index (χ0v) is 14.3. The summed E-state index contributed by atoms with van der Waals surface area (Å²) in [7, 11) is 0. The molecule has 2 heterocycles. The summed E-state index contributed by atoms with van der Waals surface area (Å²) in [6.45, 7) is 5.45. The third-order valence-electron chi connectivity index (χ3n) is 4.21. The highest BCUT2D eigenvalue weighted by Crippen LogP contribution is 2.32. The molecule has 1 atom stereocenters. The third kappa shape index (κ3) is 3.19. The van der Waals surface area contributed by atoms with Crippen LogP contribution in [-0.2, 0) is 11.2 Å². The number of halogens is 1. The molecule has 5 heteroatoms. The van der Waals surface area contributed by atoms with E-state index in [2.05, 4.69) is 28.6 Å². The Labute approximate surface area is 139 Å². The summed E-state index contributed by atoms with van der Waals surface area (Å²) in [4.78, 5) is 16.0. The summed E-state index contributed by atoms with van der Waals surface area (Å²) in [5.41, 5.74) is 3.12. The molecule has 1 amide bonds. The number of thiophene rings is 1. The third-order valence-corrected chi connectivity index (χ3v) is 5.61. The number of aryl methyl sites for hydroxylation is 1. The largest absolute Gasteiger partial charge is 0.325 e.